The summed E-state index contributed by atoms with van der Waals surface area (Å²) in [6.07, 6.45) is 1.68. The normalized spacial score (nSPS) is 10.5. The van der Waals surface area contributed by atoms with Gasteiger partial charge in [-0.1, -0.05) is 18.5 Å². The van der Waals surface area contributed by atoms with E-state index in [4.69, 9.17) is 16.3 Å². The summed E-state index contributed by atoms with van der Waals surface area (Å²) in [5.74, 6) is 0.895. The Labute approximate surface area is 127 Å². The van der Waals surface area contributed by atoms with Crippen LogP contribution in [-0.4, -0.2) is 28.2 Å². The van der Waals surface area contributed by atoms with Crippen LogP contribution in [0.3, 0.4) is 0 Å². The SMILES string of the molecule is CCCc1nc(C(=O)Nc2cc(C)c(Cl)cc2OC)n[nH]1. The molecule has 0 aliphatic carbocycles. The molecule has 2 aromatic rings. The number of H-pyrrole nitrogens is 1. The molecule has 0 radical (unpaired) electrons. The standard InChI is InChI=1S/C14H17ClN4O2/c1-4-5-12-17-13(19-18-12)14(20)16-10-6-8(2)9(15)7-11(10)21-3/h6-7H,4-5H2,1-3H3,(H,16,20)(H,17,18,19). The molecule has 0 aliphatic heterocycles. The average Bonchev–Trinajstić information content (AvgIpc) is 2.91. The first kappa shape index (κ1) is 15.3. The van der Waals surface area contributed by atoms with E-state index < -0.39 is 5.91 Å². The Morgan fingerprint density at radius 1 is 1.48 bits per heavy atom. The molecule has 0 saturated carbocycles. The van der Waals surface area contributed by atoms with Crippen molar-refractivity contribution in [3.63, 3.8) is 0 Å². The molecule has 6 nitrogen and oxygen atoms in total. The number of hydrogen-bond acceptors (Lipinski definition) is 4. The maximum absolute atomic E-state index is 12.2. The van der Waals surface area contributed by atoms with Gasteiger partial charge in [-0.05, 0) is 25.0 Å². The Morgan fingerprint density at radius 2 is 2.24 bits per heavy atom. The zero-order chi connectivity index (χ0) is 15.4. The van der Waals surface area contributed by atoms with Crippen LogP contribution < -0.4 is 10.1 Å². The molecule has 1 amide bonds. The number of nitrogens with zero attached hydrogens (tertiary/aromatic N) is 2. The third-order valence-corrected chi connectivity index (χ3v) is 3.36. The second kappa shape index (κ2) is 6.58. The number of nitrogens with one attached hydrogen (secondary N) is 2. The first-order chi connectivity index (χ1) is 10.0. The lowest BCUT2D eigenvalue weighted by atomic mass is 10.2. The minimum atomic E-state index is -0.395. The molecule has 0 atom stereocenters. The van der Waals surface area contributed by atoms with Crippen LogP contribution in [0.1, 0.15) is 35.4 Å². The fraction of sp³-hybridized carbons (Fsp3) is 0.357. The first-order valence-corrected chi connectivity index (χ1v) is 6.99. The maximum Gasteiger partial charge on any atom is 0.295 e. The van der Waals surface area contributed by atoms with Crippen LogP contribution in [-0.2, 0) is 6.42 Å². The predicted molar refractivity (Wildman–Crippen MR) is 81.1 cm³/mol. The van der Waals surface area contributed by atoms with E-state index in [9.17, 15) is 4.79 Å². The summed E-state index contributed by atoms with van der Waals surface area (Å²) < 4.78 is 5.21. The number of hydrogen-bond donors (Lipinski definition) is 2. The van der Waals surface area contributed by atoms with E-state index in [1.807, 2.05) is 13.8 Å². The molecule has 21 heavy (non-hydrogen) atoms. The number of rotatable bonds is 5. The number of carbonyl (C=O) groups excluding carboxylic acids is 1. The van der Waals surface area contributed by atoms with Gasteiger partial charge in [-0.2, -0.15) is 0 Å². The second-order valence-corrected chi connectivity index (χ2v) is 5.02. The van der Waals surface area contributed by atoms with Gasteiger partial charge in [0.05, 0.1) is 12.8 Å². The predicted octanol–water partition coefficient (Wildman–Crippen LogP) is 2.98. The van der Waals surface area contributed by atoms with E-state index in [-0.39, 0.29) is 5.82 Å². The number of ether oxygens (including phenoxy) is 1. The molecule has 0 unspecified atom stereocenters. The zero-order valence-corrected chi connectivity index (χ0v) is 12.9. The summed E-state index contributed by atoms with van der Waals surface area (Å²) in [5, 5.41) is 9.97. The average molecular weight is 309 g/mol. The van der Waals surface area contributed by atoms with Crippen molar-refractivity contribution in [2.45, 2.75) is 26.7 Å². The smallest absolute Gasteiger partial charge is 0.295 e. The van der Waals surface area contributed by atoms with Crippen molar-refractivity contribution in [3.8, 4) is 5.75 Å². The highest BCUT2D eigenvalue weighted by Gasteiger charge is 2.15. The summed E-state index contributed by atoms with van der Waals surface area (Å²) in [6.45, 7) is 3.88. The molecular formula is C14H17ClN4O2. The second-order valence-electron chi connectivity index (χ2n) is 4.61. The third-order valence-electron chi connectivity index (χ3n) is 2.95. The number of aromatic nitrogens is 3. The molecule has 2 N–H and O–H groups in total. The summed E-state index contributed by atoms with van der Waals surface area (Å²) in [6, 6.07) is 3.41. The Hall–Kier alpha value is -2.08. The minimum absolute atomic E-state index is 0.105. The summed E-state index contributed by atoms with van der Waals surface area (Å²) in [5.41, 5.74) is 1.38. The van der Waals surface area contributed by atoms with E-state index in [1.165, 1.54) is 7.11 Å². The van der Waals surface area contributed by atoms with Gasteiger partial charge in [0.25, 0.3) is 5.91 Å². The largest absolute Gasteiger partial charge is 0.495 e. The number of anilines is 1. The van der Waals surface area contributed by atoms with Gasteiger partial charge in [-0.25, -0.2) is 4.98 Å². The number of aromatic amines is 1. The van der Waals surface area contributed by atoms with Crippen molar-refractivity contribution in [1.82, 2.24) is 15.2 Å². The third kappa shape index (κ3) is 3.52. The van der Waals surface area contributed by atoms with E-state index in [1.54, 1.807) is 12.1 Å². The Bertz CT molecular complexity index is 654. The highest BCUT2D eigenvalue weighted by molar-refractivity contribution is 6.31. The molecule has 0 bridgehead atoms. The molecule has 1 heterocycles. The van der Waals surface area contributed by atoms with Crippen LogP contribution in [0.2, 0.25) is 5.02 Å². The topological polar surface area (TPSA) is 79.9 Å². The number of halogens is 1. The number of amides is 1. The first-order valence-electron chi connectivity index (χ1n) is 6.62. The van der Waals surface area contributed by atoms with Crippen LogP contribution >= 0.6 is 11.6 Å². The van der Waals surface area contributed by atoms with E-state index in [0.29, 0.717) is 22.3 Å². The lowest BCUT2D eigenvalue weighted by molar-refractivity contribution is 0.101. The molecular weight excluding hydrogens is 292 g/mol. The fourth-order valence-electron chi connectivity index (χ4n) is 1.85. The quantitative estimate of drug-likeness (QED) is 0.890. The van der Waals surface area contributed by atoms with Crippen molar-refractivity contribution >= 4 is 23.2 Å². The highest BCUT2D eigenvalue weighted by atomic mass is 35.5. The van der Waals surface area contributed by atoms with Crippen molar-refractivity contribution in [1.29, 1.82) is 0 Å². The van der Waals surface area contributed by atoms with Crippen LogP contribution in [0, 0.1) is 6.92 Å². The lowest BCUT2D eigenvalue weighted by Gasteiger charge is -2.11. The molecule has 0 fully saturated rings. The Morgan fingerprint density at radius 3 is 2.90 bits per heavy atom. The molecule has 1 aromatic heterocycles. The van der Waals surface area contributed by atoms with Gasteiger partial charge in [0, 0.05) is 17.5 Å². The van der Waals surface area contributed by atoms with Crippen molar-refractivity contribution in [2.24, 2.45) is 0 Å². The number of benzene rings is 1. The van der Waals surface area contributed by atoms with Gasteiger partial charge in [0.15, 0.2) is 0 Å². The van der Waals surface area contributed by atoms with Gasteiger partial charge in [-0.15, -0.1) is 5.10 Å². The van der Waals surface area contributed by atoms with Gasteiger partial charge >= 0.3 is 0 Å². The fourth-order valence-corrected chi connectivity index (χ4v) is 2.01. The van der Waals surface area contributed by atoms with Gasteiger partial charge < -0.3 is 10.1 Å². The molecule has 1 aromatic carbocycles. The molecule has 0 spiro atoms. The van der Waals surface area contributed by atoms with Crippen molar-refractivity contribution in [3.05, 3.63) is 34.4 Å². The Kier molecular flexibility index (Phi) is 4.80. The highest BCUT2D eigenvalue weighted by Crippen LogP contribution is 2.31. The number of carbonyl (C=O) groups is 1. The minimum Gasteiger partial charge on any atom is -0.495 e. The van der Waals surface area contributed by atoms with Crippen LogP contribution in [0.5, 0.6) is 5.75 Å². The van der Waals surface area contributed by atoms with Crippen LogP contribution in [0.25, 0.3) is 0 Å². The monoisotopic (exact) mass is 308 g/mol. The summed E-state index contributed by atoms with van der Waals surface area (Å²) in [7, 11) is 1.52. The van der Waals surface area contributed by atoms with Crippen LogP contribution in [0.4, 0.5) is 5.69 Å². The number of aryl methyl sites for hydroxylation is 2. The van der Waals surface area contributed by atoms with Crippen molar-refractivity contribution < 1.29 is 9.53 Å². The maximum atomic E-state index is 12.2. The molecule has 112 valence electrons. The lowest BCUT2D eigenvalue weighted by Crippen LogP contribution is -2.14. The zero-order valence-electron chi connectivity index (χ0n) is 12.2. The number of methoxy groups -OCH3 is 1. The van der Waals surface area contributed by atoms with Gasteiger partial charge in [0.1, 0.15) is 11.6 Å². The molecule has 0 saturated heterocycles. The van der Waals surface area contributed by atoms with Gasteiger partial charge in [-0.3, -0.25) is 9.89 Å². The van der Waals surface area contributed by atoms with Crippen LogP contribution in [0.15, 0.2) is 12.1 Å². The van der Waals surface area contributed by atoms with Crippen molar-refractivity contribution in [2.75, 3.05) is 12.4 Å². The van der Waals surface area contributed by atoms with Gasteiger partial charge in [0.2, 0.25) is 5.82 Å². The molecule has 2 rings (SSSR count). The summed E-state index contributed by atoms with van der Waals surface area (Å²) in [4.78, 5) is 16.3. The van der Waals surface area contributed by atoms with E-state index in [2.05, 4.69) is 20.5 Å². The Balaban J connectivity index is 2.20. The van der Waals surface area contributed by atoms with E-state index in [0.717, 1.165) is 18.4 Å². The molecule has 7 heteroatoms. The molecule has 0 aliphatic rings. The van der Waals surface area contributed by atoms with E-state index >= 15 is 0 Å². The summed E-state index contributed by atoms with van der Waals surface area (Å²) >= 11 is 6.03.